The maximum atomic E-state index is 5.85. The van der Waals surface area contributed by atoms with Crippen molar-refractivity contribution in [2.75, 3.05) is 6.61 Å². The van der Waals surface area contributed by atoms with Crippen LogP contribution in [0.2, 0.25) is 0 Å². The molecule has 1 spiro atoms. The molecule has 1 saturated carbocycles. The van der Waals surface area contributed by atoms with Gasteiger partial charge in [0.1, 0.15) is 0 Å². The third-order valence-corrected chi connectivity index (χ3v) is 3.42. The fraction of sp³-hybridized carbons (Fsp3) is 1.00. The molecule has 1 saturated heterocycles. The van der Waals surface area contributed by atoms with Crippen molar-refractivity contribution in [3.63, 3.8) is 0 Å². The van der Waals surface area contributed by atoms with E-state index in [0.717, 1.165) is 13.0 Å². The highest BCUT2D eigenvalue weighted by molar-refractivity contribution is 7.80. The van der Waals surface area contributed by atoms with E-state index in [4.69, 9.17) is 4.74 Å². The zero-order chi connectivity index (χ0) is 7.73. The minimum Gasteiger partial charge on any atom is -0.375 e. The summed E-state index contributed by atoms with van der Waals surface area (Å²) in [5.74, 6) is 0. The van der Waals surface area contributed by atoms with Gasteiger partial charge in [-0.25, -0.2) is 0 Å². The molecule has 0 amide bonds. The summed E-state index contributed by atoms with van der Waals surface area (Å²) in [7, 11) is 0. The van der Waals surface area contributed by atoms with E-state index in [-0.39, 0.29) is 5.60 Å². The molecule has 2 aliphatic rings. The molecule has 1 atom stereocenters. The Hall–Kier alpha value is 0.310. The third-order valence-electron chi connectivity index (χ3n) is 2.98. The lowest BCUT2D eigenvalue weighted by atomic mass is 9.92. The minimum atomic E-state index is 0.269. The van der Waals surface area contributed by atoms with Crippen LogP contribution in [0, 0.1) is 0 Å². The fourth-order valence-corrected chi connectivity index (χ4v) is 2.81. The SMILES string of the molecule is SC1CCOC2(CCCC2)C1. The van der Waals surface area contributed by atoms with Crippen LogP contribution in [0.25, 0.3) is 0 Å². The van der Waals surface area contributed by atoms with E-state index in [1.807, 2.05) is 0 Å². The highest BCUT2D eigenvalue weighted by atomic mass is 32.1. The van der Waals surface area contributed by atoms with Gasteiger partial charge in [0.2, 0.25) is 0 Å². The number of hydrogen-bond acceptors (Lipinski definition) is 2. The molecule has 1 nitrogen and oxygen atoms in total. The Labute approximate surface area is 73.9 Å². The molecule has 2 fully saturated rings. The summed E-state index contributed by atoms with van der Waals surface area (Å²) in [6.07, 6.45) is 7.62. The van der Waals surface area contributed by atoms with Gasteiger partial charge in [0.25, 0.3) is 0 Å². The van der Waals surface area contributed by atoms with E-state index in [0.29, 0.717) is 5.25 Å². The number of rotatable bonds is 0. The summed E-state index contributed by atoms with van der Waals surface area (Å²) in [4.78, 5) is 0. The molecular formula is C9H16OS. The van der Waals surface area contributed by atoms with Gasteiger partial charge in [-0.3, -0.25) is 0 Å². The van der Waals surface area contributed by atoms with Crippen molar-refractivity contribution >= 4 is 12.6 Å². The van der Waals surface area contributed by atoms with Crippen LogP contribution in [0.4, 0.5) is 0 Å². The van der Waals surface area contributed by atoms with Crippen LogP contribution in [0.5, 0.6) is 0 Å². The van der Waals surface area contributed by atoms with Gasteiger partial charge in [-0.1, -0.05) is 12.8 Å². The van der Waals surface area contributed by atoms with Crippen LogP contribution in [-0.2, 0) is 4.74 Å². The van der Waals surface area contributed by atoms with E-state index >= 15 is 0 Å². The fourth-order valence-electron chi connectivity index (χ4n) is 2.37. The zero-order valence-corrected chi connectivity index (χ0v) is 7.78. The van der Waals surface area contributed by atoms with Gasteiger partial charge in [0.05, 0.1) is 5.60 Å². The number of hydrogen-bond donors (Lipinski definition) is 1. The van der Waals surface area contributed by atoms with Crippen LogP contribution >= 0.6 is 12.6 Å². The first-order chi connectivity index (χ1) is 5.31. The van der Waals surface area contributed by atoms with Crippen molar-refractivity contribution in [3.8, 4) is 0 Å². The first-order valence-corrected chi connectivity index (χ1v) is 5.14. The van der Waals surface area contributed by atoms with Crippen molar-refractivity contribution in [2.24, 2.45) is 0 Å². The van der Waals surface area contributed by atoms with Gasteiger partial charge in [-0.2, -0.15) is 12.6 Å². The summed E-state index contributed by atoms with van der Waals surface area (Å²) < 4.78 is 5.85. The first kappa shape index (κ1) is 7.93. The summed E-state index contributed by atoms with van der Waals surface area (Å²) in [6, 6.07) is 0. The Bertz CT molecular complexity index is 140. The average molecular weight is 172 g/mol. The Morgan fingerprint density at radius 1 is 1.27 bits per heavy atom. The molecule has 0 aromatic carbocycles. The molecule has 0 bridgehead atoms. The highest BCUT2D eigenvalue weighted by Gasteiger charge is 2.38. The number of thiol groups is 1. The lowest BCUT2D eigenvalue weighted by Crippen LogP contribution is -2.37. The van der Waals surface area contributed by atoms with Crippen LogP contribution in [0.1, 0.15) is 38.5 Å². The Morgan fingerprint density at radius 3 is 2.64 bits per heavy atom. The molecule has 0 aromatic heterocycles. The van der Waals surface area contributed by atoms with E-state index in [2.05, 4.69) is 12.6 Å². The van der Waals surface area contributed by atoms with Gasteiger partial charge < -0.3 is 4.74 Å². The van der Waals surface area contributed by atoms with Crippen molar-refractivity contribution in [1.29, 1.82) is 0 Å². The van der Waals surface area contributed by atoms with Crippen LogP contribution in [-0.4, -0.2) is 17.5 Å². The molecule has 11 heavy (non-hydrogen) atoms. The molecule has 0 N–H and O–H groups in total. The molecular weight excluding hydrogens is 156 g/mol. The first-order valence-electron chi connectivity index (χ1n) is 4.63. The normalized spacial score (nSPS) is 36.3. The van der Waals surface area contributed by atoms with Gasteiger partial charge in [-0.05, 0) is 25.7 Å². The van der Waals surface area contributed by atoms with Crippen LogP contribution < -0.4 is 0 Å². The smallest absolute Gasteiger partial charge is 0.0693 e. The zero-order valence-electron chi connectivity index (χ0n) is 6.88. The molecule has 0 radical (unpaired) electrons. The van der Waals surface area contributed by atoms with Crippen molar-refractivity contribution in [3.05, 3.63) is 0 Å². The second kappa shape index (κ2) is 2.98. The molecule has 2 rings (SSSR count). The Balaban J connectivity index is 2.00. The molecule has 1 unspecified atom stereocenters. The largest absolute Gasteiger partial charge is 0.375 e. The van der Waals surface area contributed by atoms with Gasteiger partial charge in [-0.15, -0.1) is 0 Å². The minimum absolute atomic E-state index is 0.269. The monoisotopic (exact) mass is 172 g/mol. The maximum absolute atomic E-state index is 5.85. The predicted molar refractivity (Wildman–Crippen MR) is 49.2 cm³/mol. The predicted octanol–water partition coefficient (Wildman–Crippen LogP) is 2.41. The standard InChI is InChI=1S/C9H16OS/c11-8-3-6-10-9(7-8)4-1-2-5-9/h8,11H,1-7H2. The Kier molecular flexibility index (Phi) is 2.15. The van der Waals surface area contributed by atoms with Crippen LogP contribution in [0.3, 0.4) is 0 Å². The van der Waals surface area contributed by atoms with Gasteiger partial charge >= 0.3 is 0 Å². The summed E-state index contributed by atoms with van der Waals surface area (Å²) in [6.45, 7) is 0.939. The van der Waals surface area contributed by atoms with E-state index < -0.39 is 0 Å². The highest BCUT2D eigenvalue weighted by Crippen LogP contribution is 2.41. The van der Waals surface area contributed by atoms with Gasteiger partial charge in [0, 0.05) is 11.9 Å². The second-order valence-electron chi connectivity index (χ2n) is 3.89. The van der Waals surface area contributed by atoms with Gasteiger partial charge in [0.15, 0.2) is 0 Å². The third kappa shape index (κ3) is 1.57. The molecule has 1 aliphatic carbocycles. The van der Waals surface area contributed by atoms with Crippen molar-refractivity contribution in [2.45, 2.75) is 49.4 Å². The van der Waals surface area contributed by atoms with Crippen molar-refractivity contribution < 1.29 is 4.74 Å². The summed E-state index contributed by atoms with van der Waals surface area (Å²) >= 11 is 4.53. The number of ether oxygens (including phenoxy) is 1. The van der Waals surface area contributed by atoms with E-state index in [1.165, 1.54) is 32.1 Å². The molecule has 0 aromatic rings. The lowest BCUT2D eigenvalue weighted by Gasteiger charge is -2.36. The second-order valence-corrected chi connectivity index (χ2v) is 4.62. The topological polar surface area (TPSA) is 9.23 Å². The summed E-state index contributed by atoms with van der Waals surface area (Å²) in [5.41, 5.74) is 0.269. The maximum Gasteiger partial charge on any atom is 0.0693 e. The molecule has 2 heteroatoms. The van der Waals surface area contributed by atoms with Crippen molar-refractivity contribution in [1.82, 2.24) is 0 Å². The van der Waals surface area contributed by atoms with Crippen LogP contribution in [0.15, 0.2) is 0 Å². The molecule has 64 valence electrons. The average Bonchev–Trinajstić information content (AvgIpc) is 2.37. The molecule has 1 aliphatic heterocycles. The Morgan fingerprint density at radius 2 is 2.00 bits per heavy atom. The molecule has 1 heterocycles. The quantitative estimate of drug-likeness (QED) is 0.552. The van der Waals surface area contributed by atoms with E-state index in [9.17, 15) is 0 Å². The lowest BCUT2D eigenvalue weighted by molar-refractivity contribution is -0.0701. The summed E-state index contributed by atoms with van der Waals surface area (Å²) in [5, 5.41) is 0.599. The van der Waals surface area contributed by atoms with E-state index in [1.54, 1.807) is 0 Å².